The quantitative estimate of drug-likeness (QED) is 0.302. The number of rotatable bonds is 6. The Hall–Kier alpha value is -5.32. The van der Waals surface area contributed by atoms with Gasteiger partial charge in [-0.3, -0.25) is 9.59 Å². The van der Waals surface area contributed by atoms with Crippen LogP contribution in [0.5, 0.6) is 23.0 Å². The number of nitrogens with zero attached hydrogens (tertiary/aromatic N) is 4. The lowest BCUT2D eigenvalue weighted by Crippen LogP contribution is -2.19. The smallest absolute Gasteiger partial charge is 0.251 e. The zero-order valence-corrected chi connectivity index (χ0v) is 23.9. The molecule has 0 unspecified atom stereocenters. The first-order valence-electron chi connectivity index (χ1n) is 14.2. The third kappa shape index (κ3) is 5.74. The highest BCUT2D eigenvalue weighted by molar-refractivity contribution is 6.07. The van der Waals surface area contributed by atoms with Crippen molar-refractivity contribution in [2.45, 2.75) is 26.7 Å². The molecule has 0 saturated heterocycles. The van der Waals surface area contributed by atoms with Crippen LogP contribution in [0.15, 0.2) is 73.1 Å². The molecule has 0 bridgehead atoms. The van der Waals surface area contributed by atoms with Crippen LogP contribution in [-0.2, 0) is 17.6 Å². The van der Waals surface area contributed by atoms with E-state index < -0.39 is 0 Å². The molecule has 0 atom stereocenters. The van der Waals surface area contributed by atoms with E-state index in [-0.39, 0.29) is 30.5 Å². The highest BCUT2D eigenvalue weighted by Gasteiger charge is 2.22. The normalized spacial score (nSPS) is 13.2. The number of fused-ring (bicyclic) bond motifs is 3. The predicted molar refractivity (Wildman–Crippen MR) is 160 cm³/mol. The number of hydrogen-bond donors (Lipinski definition) is 1. The summed E-state index contributed by atoms with van der Waals surface area (Å²) >= 11 is 0. The van der Waals surface area contributed by atoms with Crippen LogP contribution in [0.1, 0.15) is 29.8 Å². The topological polar surface area (TPSA) is 119 Å². The van der Waals surface area contributed by atoms with Crippen molar-refractivity contribution in [1.82, 2.24) is 19.6 Å². The zero-order valence-electron chi connectivity index (χ0n) is 23.9. The molecule has 2 aliphatic heterocycles. The van der Waals surface area contributed by atoms with Crippen molar-refractivity contribution >= 4 is 28.5 Å². The predicted octanol–water partition coefficient (Wildman–Crippen LogP) is 4.85. The number of hydrogen-bond acceptors (Lipinski definition) is 8. The number of benzene rings is 3. The molecule has 0 aliphatic carbocycles. The van der Waals surface area contributed by atoms with Crippen molar-refractivity contribution < 1.29 is 28.5 Å². The second kappa shape index (κ2) is 12.3. The molecule has 0 radical (unpaired) electrons. The largest absolute Gasteiger partial charge is 0.486 e. The first-order chi connectivity index (χ1) is 21.1. The molecule has 0 spiro atoms. The first-order valence-corrected chi connectivity index (χ1v) is 14.2. The minimum atomic E-state index is -0.289. The minimum absolute atomic E-state index is 0.0734. The van der Waals surface area contributed by atoms with E-state index in [4.69, 9.17) is 18.9 Å². The molecule has 2 aliphatic rings. The lowest BCUT2D eigenvalue weighted by molar-refractivity contribution is -0.115. The van der Waals surface area contributed by atoms with Crippen molar-refractivity contribution in [2.75, 3.05) is 31.7 Å². The van der Waals surface area contributed by atoms with Crippen LogP contribution < -0.4 is 24.3 Å². The fourth-order valence-electron chi connectivity index (χ4n) is 5.04. The van der Waals surface area contributed by atoms with Crippen LogP contribution in [0.4, 0.5) is 5.82 Å². The molecule has 2 aromatic heterocycles. The summed E-state index contributed by atoms with van der Waals surface area (Å²) in [6.07, 6.45) is 3.62. The molecular formula is C32H31N5O6. The summed E-state index contributed by atoms with van der Waals surface area (Å²) < 4.78 is 25.5. The lowest BCUT2D eigenvalue weighted by Gasteiger charge is -2.18. The van der Waals surface area contributed by atoms with E-state index in [1.165, 1.54) is 4.68 Å². The standard InChI is InChI=1S/C30H25N5O6.C2H6/c36-27(17-19-5-7-23-25(15-19)40-13-11-38-23)32-30-29-21(34-10-2-9-31-34)3-1-4-22(29)35(33-30)28(37)18-20-6-8-24-26(16-20)41-14-12-39-24;1-2/h1-10,15-16H,11-14,17-18H2,(H,32,33,36);1-2H3. The van der Waals surface area contributed by atoms with Crippen LogP contribution in [-0.4, -0.2) is 57.8 Å². The molecule has 7 rings (SSSR count). The van der Waals surface area contributed by atoms with E-state index in [1.807, 2.05) is 44.2 Å². The number of nitrogens with one attached hydrogen (secondary N) is 1. The van der Waals surface area contributed by atoms with Gasteiger partial charge in [-0.2, -0.15) is 9.78 Å². The Morgan fingerprint density at radius 2 is 1.42 bits per heavy atom. The number of anilines is 1. The van der Waals surface area contributed by atoms with Crippen molar-refractivity contribution in [3.63, 3.8) is 0 Å². The van der Waals surface area contributed by atoms with Gasteiger partial charge in [0.05, 0.1) is 29.4 Å². The molecule has 1 N–H and O–H groups in total. The average molecular weight is 582 g/mol. The summed E-state index contributed by atoms with van der Waals surface area (Å²) in [4.78, 5) is 26.8. The Bertz CT molecular complexity index is 1780. The van der Waals surface area contributed by atoms with Crippen LogP contribution in [0.2, 0.25) is 0 Å². The Kier molecular flexibility index (Phi) is 7.94. The van der Waals surface area contributed by atoms with Gasteiger partial charge in [0, 0.05) is 12.4 Å². The number of aromatic nitrogens is 4. The van der Waals surface area contributed by atoms with Crippen LogP contribution in [0, 0.1) is 0 Å². The van der Waals surface area contributed by atoms with Gasteiger partial charge in [-0.25, -0.2) is 4.68 Å². The molecule has 0 saturated carbocycles. The summed E-state index contributed by atoms with van der Waals surface area (Å²) in [5, 5.41) is 12.5. The summed E-state index contributed by atoms with van der Waals surface area (Å²) in [5.41, 5.74) is 2.75. The molecule has 3 aromatic carbocycles. The van der Waals surface area contributed by atoms with Gasteiger partial charge in [0.25, 0.3) is 5.91 Å². The molecule has 43 heavy (non-hydrogen) atoms. The number of amides is 1. The van der Waals surface area contributed by atoms with Gasteiger partial charge in [0.1, 0.15) is 26.4 Å². The average Bonchev–Trinajstić information content (AvgIpc) is 3.71. The SMILES string of the molecule is CC.O=C(Cc1ccc2c(c1)OCCO2)Nc1nn(C(=O)Cc2ccc3c(c2)OCCO3)c2cccc(-n3cccn3)c12. The minimum Gasteiger partial charge on any atom is -0.486 e. The molecule has 220 valence electrons. The van der Waals surface area contributed by atoms with Crippen molar-refractivity contribution in [2.24, 2.45) is 0 Å². The molecule has 5 aromatic rings. The van der Waals surface area contributed by atoms with Gasteiger partial charge < -0.3 is 24.3 Å². The van der Waals surface area contributed by atoms with E-state index in [0.29, 0.717) is 66.0 Å². The second-order valence-corrected chi connectivity index (χ2v) is 9.63. The highest BCUT2D eigenvalue weighted by atomic mass is 16.6. The Morgan fingerprint density at radius 3 is 2.05 bits per heavy atom. The summed E-state index contributed by atoms with van der Waals surface area (Å²) in [6.45, 7) is 5.91. The highest BCUT2D eigenvalue weighted by Crippen LogP contribution is 2.33. The van der Waals surface area contributed by atoms with E-state index >= 15 is 0 Å². The maximum Gasteiger partial charge on any atom is 0.251 e. The fourth-order valence-corrected chi connectivity index (χ4v) is 5.04. The van der Waals surface area contributed by atoms with Crippen LogP contribution in [0.3, 0.4) is 0 Å². The van der Waals surface area contributed by atoms with Gasteiger partial charge in [-0.15, -0.1) is 5.10 Å². The Balaban J connectivity index is 0.00000161. The van der Waals surface area contributed by atoms with Gasteiger partial charge in [0.2, 0.25) is 5.91 Å². The van der Waals surface area contributed by atoms with Crippen LogP contribution >= 0.6 is 0 Å². The fraction of sp³-hybridized carbons (Fsp3) is 0.250. The number of ether oxygens (including phenoxy) is 4. The number of carbonyl (C=O) groups excluding carboxylic acids is 2. The molecule has 4 heterocycles. The van der Waals surface area contributed by atoms with Crippen LogP contribution in [0.25, 0.3) is 16.6 Å². The maximum absolute atomic E-state index is 13.6. The lowest BCUT2D eigenvalue weighted by atomic mass is 10.1. The van der Waals surface area contributed by atoms with E-state index in [2.05, 4.69) is 15.5 Å². The third-order valence-electron chi connectivity index (χ3n) is 6.86. The molecule has 0 fully saturated rings. The van der Waals surface area contributed by atoms with Gasteiger partial charge in [-0.1, -0.05) is 32.0 Å². The van der Waals surface area contributed by atoms with Gasteiger partial charge >= 0.3 is 0 Å². The number of carbonyl (C=O) groups is 2. The molecular weight excluding hydrogens is 550 g/mol. The van der Waals surface area contributed by atoms with Gasteiger partial charge in [0.15, 0.2) is 28.8 Å². The van der Waals surface area contributed by atoms with Crippen molar-refractivity contribution in [3.8, 4) is 28.7 Å². The molecule has 1 amide bonds. The van der Waals surface area contributed by atoms with Crippen molar-refractivity contribution in [3.05, 3.63) is 84.2 Å². The first kappa shape index (κ1) is 27.8. The Morgan fingerprint density at radius 1 is 0.791 bits per heavy atom. The summed E-state index contributed by atoms with van der Waals surface area (Å²) in [7, 11) is 0. The van der Waals surface area contributed by atoms with E-state index in [9.17, 15) is 9.59 Å². The molecule has 11 heteroatoms. The van der Waals surface area contributed by atoms with E-state index in [0.717, 1.165) is 11.1 Å². The third-order valence-corrected chi connectivity index (χ3v) is 6.86. The van der Waals surface area contributed by atoms with Gasteiger partial charge in [-0.05, 0) is 53.6 Å². The second-order valence-electron chi connectivity index (χ2n) is 9.63. The summed E-state index contributed by atoms with van der Waals surface area (Å²) in [5.74, 6) is 2.25. The molecule has 11 nitrogen and oxygen atoms in total. The maximum atomic E-state index is 13.6. The summed E-state index contributed by atoms with van der Waals surface area (Å²) in [6, 6.07) is 18.2. The zero-order chi connectivity index (χ0) is 29.8. The monoisotopic (exact) mass is 581 g/mol. The van der Waals surface area contributed by atoms with Crippen molar-refractivity contribution in [1.29, 1.82) is 0 Å². The van der Waals surface area contributed by atoms with E-state index in [1.54, 1.807) is 47.4 Å². The Labute approximate surface area is 247 Å².